The molecule has 1 fully saturated rings. The second-order valence-corrected chi connectivity index (χ2v) is 15.0. The maximum atomic E-state index is 12.1. The minimum atomic E-state index is -1.05. The maximum Gasteiger partial charge on any atom is 0.410 e. The van der Waals surface area contributed by atoms with E-state index in [4.69, 9.17) is 9.47 Å². The molecule has 0 aromatic carbocycles. The fourth-order valence-corrected chi connectivity index (χ4v) is 3.64. The van der Waals surface area contributed by atoms with Crippen molar-refractivity contribution in [3.8, 4) is 0 Å². The summed E-state index contributed by atoms with van der Waals surface area (Å²) in [5, 5.41) is 4.67. The lowest BCUT2D eigenvalue weighted by Crippen LogP contribution is -2.41. The molecule has 1 aromatic rings. The van der Waals surface area contributed by atoms with Gasteiger partial charge >= 0.3 is 6.09 Å². The number of amides is 1. The highest BCUT2D eigenvalue weighted by Crippen LogP contribution is 2.27. The lowest BCUT2D eigenvalue weighted by atomic mass is 9.94. The number of ether oxygens (including phenoxy) is 2. The van der Waals surface area contributed by atoms with Crippen LogP contribution in [0.4, 0.5) is 4.79 Å². The fraction of sp³-hybridized carbons (Fsp3) is 0.789. The third kappa shape index (κ3) is 7.11. The van der Waals surface area contributed by atoms with Gasteiger partial charge in [-0.15, -0.1) is 0 Å². The highest BCUT2D eigenvalue weighted by molar-refractivity contribution is 6.76. The third-order valence-electron chi connectivity index (χ3n) is 4.45. The topological polar surface area (TPSA) is 56.6 Å². The minimum Gasteiger partial charge on any atom is -0.444 e. The van der Waals surface area contributed by atoms with Crippen LogP contribution in [-0.2, 0) is 16.2 Å². The van der Waals surface area contributed by atoms with Gasteiger partial charge in [0, 0.05) is 39.9 Å². The number of carbonyl (C=O) groups is 1. The highest BCUT2D eigenvalue weighted by Gasteiger charge is 2.28. The monoisotopic (exact) mass is 381 g/mol. The predicted octanol–water partition coefficient (Wildman–Crippen LogP) is 4.31. The van der Waals surface area contributed by atoms with Crippen LogP contribution in [0.25, 0.3) is 0 Å². The lowest BCUT2D eigenvalue weighted by molar-refractivity contribution is 0.0203. The van der Waals surface area contributed by atoms with Crippen LogP contribution in [0, 0.1) is 0 Å². The Morgan fingerprint density at radius 2 is 1.92 bits per heavy atom. The molecule has 1 aliphatic heterocycles. The Labute approximate surface area is 158 Å². The van der Waals surface area contributed by atoms with Gasteiger partial charge in [0.2, 0.25) is 0 Å². The Balaban J connectivity index is 1.76. The molecule has 1 saturated heterocycles. The van der Waals surface area contributed by atoms with E-state index in [0.29, 0.717) is 12.6 Å². The Morgan fingerprint density at radius 3 is 2.50 bits per heavy atom. The number of piperidine rings is 1. The minimum absolute atomic E-state index is 0.211. The summed E-state index contributed by atoms with van der Waals surface area (Å²) in [6.45, 7) is 15.5. The van der Waals surface area contributed by atoms with E-state index in [-0.39, 0.29) is 6.09 Å². The van der Waals surface area contributed by atoms with E-state index in [2.05, 4.69) is 30.8 Å². The first kappa shape index (κ1) is 21.0. The molecule has 1 aliphatic rings. The molecule has 0 radical (unpaired) electrons. The summed E-state index contributed by atoms with van der Waals surface area (Å²) in [7, 11) is -1.05. The van der Waals surface area contributed by atoms with Gasteiger partial charge in [-0.05, 0) is 45.7 Å². The van der Waals surface area contributed by atoms with E-state index in [0.717, 1.165) is 38.2 Å². The molecular formula is C19H35N3O3Si. The quantitative estimate of drug-likeness (QED) is 0.544. The first-order chi connectivity index (χ1) is 12.0. The summed E-state index contributed by atoms with van der Waals surface area (Å²) in [5.41, 5.74) is 0.657. The number of likely N-dealkylation sites (tertiary alicyclic amines) is 1. The van der Waals surface area contributed by atoms with Crippen molar-refractivity contribution in [1.82, 2.24) is 14.7 Å². The maximum absolute atomic E-state index is 12.1. The van der Waals surface area contributed by atoms with Crippen LogP contribution in [-0.4, -0.2) is 54.1 Å². The van der Waals surface area contributed by atoms with Gasteiger partial charge in [0.15, 0.2) is 0 Å². The van der Waals surface area contributed by atoms with Crippen molar-refractivity contribution in [3.63, 3.8) is 0 Å². The van der Waals surface area contributed by atoms with Gasteiger partial charge in [-0.3, -0.25) is 0 Å². The van der Waals surface area contributed by atoms with Gasteiger partial charge in [-0.1, -0.05) is 19.6 Å². The van der Waals surface area contributed by atoms with Gasteiger partial charge in [-0.2, -0.15) is 5.10 Å². The molecule has 148 valence electrons. The zero-order chi connectivity index (χ0) is 19.4. The molecule has 0 N–H and O–H groups in total. The van der Waals surface area contributed by atoms with Crippen LogP contribution < -0.4 is 0 Å². The summed E-state index contributed by atoms with van der Waals surface area (Å²) >= 11 is 0. The van der Waals surface area contributed by atoms with Crippen molar-refractivity contribution in [2.45, 2.75) is 77.5 Å². The molecule has 0 saturated carbocycles. The number of aromatic nitrogens is 2. The second-order valence-electron chi connectivity index (χ2n) is 9.37. The normalized spacial score (nSPS) is 16.8. The Hall–Kier alpha value is -1.34. The van der Waals surface area contributed by atoms with E-state index in [9.17, 15) is 4.79 Å². The summed E-state index contributed by atoms with van der Waals surface area (Å²) in [4.78, 5) is 14.0. The van der Waals surface area contributed by atoms with E-state index < -0.39 is 13.7 Å². The first-order valence-electron chi connectivity index (χ1n) is 9.62. The summed E-state index contributed by atoms with van der Waals surface area (Å²) in [6.07, 6.45) is 3.63. The number of hydrogen-bond donors (Lipinski definition) is 0. The van der Waals surface area contributed by atoms with Crippen LogP contribution >= 0.6 is 0 Å². The van der Waals surface area contributed by atoms with Crippen molar-refractivity contribution >= 4 is 14.2 Å². The molecule has 0 aliphatic carbocycles. The number of hydrogen-bond acceptors (Lipinski definition) is 4. The van der Waals surface area contributed by atoms with Gasteiger partial charge in [0.1, 0.15) is 12.3 Å². The van der Waals surface area contributed by atoms with E-state index >= 15 is 0 Å². The van der Waals surface area contributed by atoms with Crippen molar-refractivity contribution in [2.24, 2.45) is 0 Å². The molecule has 26 heavy (non-hydrogen) atoms. The predicted molar refractivity (Wildman–Crippen MR) is 106 cm³/mol. The van der Waals surface area contributed by atoms with Crippen LogP contribution in [0.1, 0.15) is 45.2 Å². The molecule has 2 rings (SSSR count). The molecule has 0 unspecified atom stereocenters. The van der Waals surface area contributed by atoms with E-state index in [1.54, 1.807) is 4.90 Å². The first-order valence-corrected chi connectivity index (χ1v) is 13.3. The van der Waals surface area contributed by atoms with E-state index in [1.807, 2.05) is 31.6 Å². The summed E-state index contributed by atoms with van der Waals surface area (Å²) < 4.78 is 13.1. The van der Waals surface area contributed by atoms with Crippen molar-refractivity contribution < 1.29 is 14.3 Å². The van der Waals surface area contributed by atoms with Crippen molar-refractivity contribution in [2.75, 3.05) is 19.7 Å². The number of carbonyl (C=O) groups excluding carboxylic acids is 1. The molecular weight excluding hydrogens is 346 g/mol. The van der Waals surface area contributed by atoms with E-state index in [1.165, 1.54) is 6.04 Å². The van der Waals surface area contributed by atoms with Gasteiger partial charge in [0.25, 0.3) is 0 Å². The zero-order valence-corrected chi connectivity index (χ0v) is 18.2. The molecule has 1 amide bonds. The average molecular weight is 382 g/mol. The zero-order valence-electron chi connectivity index (χ0n) is 17.2. The van der Waals surface area contributed by atoms with Crippen LogP contribution in [0.2, 0.25) is 25.7 Å². The summed E-state index contributed by atoms with van der Waals surface area (Å²) in [6, 6.07) is 3.25. The lowest BCUT2D eigenvalue weighted by Gasteiger charge is -2.32. The SMILES string of the molecule is CC(C)(C)OC(=O)N1CCC(c2ccn(COCC[Si](C)(C)C)n2)CC1. The van der Waals surface area contributed by atoms with Gasteiger partial charge in [-0.25, -0.2) is 9.48 Å². The number of rotatable bonds is 6. The fourth-order valence-electron chi connectivity index (χ4n) is 2.89. The van der Waals surface area contributed by atoms with Crippen molar-refractivity contribution in [1.29, 1.82) is 0 Å². The number of nitrogens with zero attached hydrogens (tertiary/aromatic N) is 3. The van der Waals surface area contributed by atoms with Crippen molar-refractivity contribution in [3.05, 3.63) is 18.0 Å². The Kier molecular flexibility index (Phi) is 6.90. The molecule has 7 heteroatoms. The highest BCUT2D eigenvalue weighted by atomic mass is 28.3. The van der Waals surface area contributed by atoms with Gasteiger partial charge in [0.05, 0.1) is 5.69 Å². The standard InChI is InChI=1S/C19H35N3O3Si/c1-19(2,3)25-18(23)21-10-7-16(8-11-21)17-9-12-22(20-17)15-24-13-14-26(4,5)6/h9,12,16H,7-8,10-11,13-15H2,1-6H3. The largest absolute Gasteiger partial charge is 0.444 e. The Morgan fingerprint density at radius 1 is 1.27 bits per heavy atom. The second kappa shape index (κ2) is 8.56. The van der Waals surface area contributed by atoms with Crippen LogP contribution in [0.3, 0.4) is 0 Å². The average Bonchev–Trinajstić information content (AvgIpc) is 2.98. The third-order valence-corrected chi connectivity index (χ3v) is 6.15. The molecule has 2 heterocycles. The molecule has 0 bridgehead atoms. The molecule has 1 aromatic heterocycles. The molecule has 6 nitrogen and oxygen atoms in total. The molecule has 0 atom stereocenters. The molecule has 0 spiro atoms. The smallest absolute Gasteiger partial charge is 0.410 e. The van der Waals surface area contributed by atoms with Crippen LogP contribution in [0.5, 0.6) is 0 Å². The van der Waals surface area contributed by atoms with Crippen LogP contribution in [0.15, 0.2) is 12.3 Å². The van der Waals surface area contributed by atoms with Gasteiger partial charge < -0.3 is 14.4 Å². The Bertz CT molecular complexity index is 582. The summed E-state index contributed by atoms with van der Waals surface area (Å²) in [5.74, 6) is 0.400.